The van der Waals surface area contributed by atoms with Gasteiger partial charge in [-0.15, -0.1) is 0 Å². The number of aryl methyl sites for hydroxylation is 1. The summed E-state index contributed by atoms with van der Waals surface area (Å²) in [6.07, 6.45) is 0. The summed E-state index contributed by atoms with van der Waals surface area (Å²) in [7, 11) is 0. The topological polar surface area (TPSA) is 105 Å². The Morgan fingerprint density at radius 2 is 1.53 bits per heavy atom. The number of primary amides is 1. The lowest BCUT2D eigenvalue weighted by atomic mass is 10.1. The molecular weight excluding hydrogens is 404 g/mol. The van der Waals surface area contributed by atoms with Crippen LogP contribution in [0.25, 0.3) is 0 Å². The molecule has 30 heavy (non-hydrogen) atoms. The molecule has 4 amide bonds. The van der Waals surface area contributed by atoms with E-state index in [-0.39, 0.29) is 11.5 Å². The maximum atomic E-state index is 12.5. The second-order valence-corrected chi connectivity index (χ2v) is 6.93. The first kappa shape index (κ1) is 20.9. The van der Waals surface area contributed by atoms with Crippen molar-refractivity contribution in [3.63, 3.8) is 0 Å². The predicted octanol–water partition coefficient (Wildman–Crippen LogP) is 4.13. The Labute approximate surface area is 178 Å². The van der Waals surface area contributed by atoms with Gasteiger partial charge in [-0.05, 0) is 67.6 Å². The van der Waals surface area contributed by atoms with Crippen molar-refractivity contribution in [2.75, 3.05) is 10.3 Å². The lowest BCUT2D eigenvalue weighted by Gasteiger charge is -2.21. The molecule has 0 fully saturated rings. The molecule has 0 radical (unpaired) electrons. The average molecular weight is 423 g/mol. The van der Waals surface area contributed by atoms with E-state index in [9.17, 15) is 14.4 Å². The van der Waals surface area contributed by atoms with Crippen molar-refractivity contribution in [1.29, 1.82) is 0 Å². The summed E-state index contributed by atoms with van der Waals surface area (Å²) < 4.78 is 0. The smallest absolute Gasteiger partial charge is 0.338 e. The number of anilines is 2. The van der Waals surface area contributed by atoms with Crippen LogP contribution in [0, 0.1) is 6.92 Å². The van der Waals surface area contributed by atoms with E-state index in [1.807, 2.05) is 19.1 Å². The highest BCUT2D eigenvalue weighted by Crippen LogP contribution is 2.17. The van der Waals surface area contributed by atoms with Gasteiger partial charge in [0.1, 0.15) is 0 Å². The molecule has 3 aromatic carbocycles. The number of halogens is 1. The number of hydrogen-bond donors (Lipinski definition) is 3. The van der Waals surface area contributed by atoms with Crippen molar-refractivity contribution in [3.05, 3.63) is 94.5 Å². The minimum absolute atomic E-state index is 0.251. The molecule has 0 aromatic heterocycles. The molecule has 0 aliphatic carbocycles. The SMILES string of the molecule is Cc1cccc(C(=O)Nc2ccc(C(=O)NN(C(N)=O)c3ccc(Cl)cc3)cc2)c1. The second-order valence-electron chi connectivity index (χ2n) is 6.49. The number of amides is 4. The standard InChI is InChI=1S/C22H19ClN4O3/c1-14-3-2-4-16(13-14)20(28)25-18-9-5-15(6-10-18)21(29)26-27(22(24)30)19-11-7-17(23)8-12-19/h2-13H,1H3,(H2,24,30)(H,25,28)(H,26,29). The Morgan fingerprint density at radius 1 is 0.867 bits per heavy atom. The van der Waals surface area contributed by atoms with Crippen molar-refractivity contribution < 1.29 is 14.4 Å². The van der Waals surface area contributed by atoms with Crippen LogP contribution in [0.15, 0.2) is 72.8 Å². The Bertz CT molecular complexity index is 1080. The molecule has 0 unspecified atom stereocenters. The zero-order chi connectivity index (χ0) is 21.7. The molecule has 0 aliphatic rings. The monoisotopic (exact) mass is 422 g/mol. The average Bonchev–Trinajstić information content (AvgIpc) is 2.73. The highest BCUT2D eigenvalue weighted by atomic mass is 35.5. The molecule has 7 nitrogen and oxygen atoms in total. The minimum Gasteiger partial charge on any atom is -0.350 e. The zero-order valence-electron chi connectivity index (χ0n) is 16.1. The highest BCUT2D eigenvalue weighted by molar-refractivity contribution is 6.30. The number of rotatable bonds is 4. The number of urea groups is 1. The first-order valence-corrected chi connectivity index (χ1v) is 9.35. The van der Waals surface area contributed by atoms with Crippen LogP contribution in [0.3, 0.4) is 0 Å². The molecule has 3 rings (SSSR count). The second kappa shape index (κ2) is 9.11. The van der Waals surface area contributed by atoms with Crippen LogP contribution in [-0.2, 0) is 0 Å². The largest absolute Gasteiger partial charge is 0.350 e. The van der Waals surface area contributed by atoms with E-state index in [4.69, 9.17) is 17.3 Å². The van der Waals surface area contributed by atoms with Gasteiger partial charge in [-0.3, -0.25) is 15.0 Å². The summed E-state index contributed by atoms with van der Waals surface area (Å²) in [5.41, 5.74) is 10.5. The van der Waals surface area contributed by atoms with E-state index in [0.29, 0.717) is 22.0 Å². The van der Waals surface area contributed by atoms with E-state index in [1.165, 1.54) is 12.1 Å². The summed E-state index contributed by atoms with van der Waals surface area (Å²) in [4.78, 5) is 36.6. The molecule has 8 heteroatoms. The number of nitrogens with zero attached hydrogens (tertiary/aromatic N) is 1. The fraction of sp³-hybridized carbons (Fsp3) is 0.0455. The first-order valence-electron chi connectivity index (χ1n) is 8.97. The number of nitrogens with one attached hydrogen (secondary N) is 2. The molecule has 4 N–H and O–H groups in total. The lowest BCUT2D eigenvalue weighted by molar-refractivity contribution is 0.0950. The van der Waals surface area contributed by atoms with Crippen LogP contribution in [0.2, 0.25) is 5.02 Å². The van der Waals surface area contributed by atoms with Gasteiger partial charge in [-0.2, -0.15) is 0 Å². The van der Waals surface area contributed by atoms with Crippen molar-refractivity contribution in [1.82, 2.24) is 5.43 Å². The van der Waals surface area contributed by atoms with Gasteiger partial charge in [-0.1, -0.05) is 29.3 Å². The summed E-state index contributed by atoms with van der Waals surface area (Å²) in [5.74, 6) is -0.793. The molecular formula is C22H19ClN4O3. The quantitative estimate of drug-likeness (QED) is 0.550. The zero-order valence-corrected chi connectivity index (χ0v) is 16.8. The Balaban J connectivity index is 1.68. The third kappa shape index (κ3) is 5.15. The van der Waals surface area contributed by atoms with Gasteiger partial charge in [0.2, 0.25) is 0 Å². The van der Waals surface area contributed by atoms with Gasteiger partial charge in [0.05, 0.1) is 5.69 Å². The fourth-order valence-corrected chi connectivity index (χ4v) is 2.82. The van der Waals surface area contributed by atoms with Crippen molar-refractivity contribution in [2.45, 2.75) is 6.92 Å². The molecule has 3 aromatic rings. The molecule has 152 valence electrons. The van der Waals surface area contributed by atoms with Crippen LogP contribution in [-0.4, -0.2) is 17.8 Å². The highest BCUT2D eigenvalue weighted by Gasteiger charge is 2.17. The van der Waals surface area contributed by atoms with E-state index in [1.54, 1.807) is 48.5 Å². The summed E-state index contributed by atoms with van der Waals surface area (Å²) >= 11 is 5.84. The van der Waals surface area contributed by atoms with Gasteiger partial charge in [0.15, 0.2) is 0 Å². The number of nitrogens with two attached hydrogens (primary N) is 1. The summed E-state index contributed by atoms with van der Waals surface area (Å²) in [6, 6.07) is 18.9. The molecule has 0 saturated heterocycles. The predicted molar refractivity (Wildman–Crippen MR) is 117 cm³/mol. The number of carbonyl (C=O) groups is 3. The van der Waals surface area contributed by atoms with Crippen molar-refractivity contribution >= 4 is 40.8 Å². The van der Waals surface area contributed by atoms with Crippen molar-refractivity contribution in [2.24, 2.45) is 5.73 Å². The van der Waals surface area contributed by atoms with Gasteiger partial charge in [0.25, 0.3) is 11.8 Å². The lowest BCUT2D eigenvalue weighted by Crippen LogP contribution is -2.49. The van der Waals surface area contributed by atoms with Crippen LogP contribution in [0.5, 0.6) is 0 Å². The fourth-order valence-electron chi connectivity index (χ4n) is 2.70. The van der Waals surface area contributed by atoms with Crippen molar-refractivity contribution in [3.8, 4) is 0 Å². The third-order valence-electron chi connectivity index (χ3n) is 4.20. The van der Waals surface area contributed by atoms with Crippen LogP contribution < -0.4 is 21.5 Å². The van der Waals surface area contributed by atoms with Gasteiger partial charge < -0.3 is 11.1 Å². The molecule has 0 spiro atoms. The summed E-state index contributed by atoms with van der Waals surface area (Å²) in [6.45, 7) is 1.91. The van der Waals surface area contributed by atoms with Gasteiger partial charge in [-0.25, -0.2) is 9.80 Å². The molecule has 0 saturated carbocycles. The molecule has 0 atom stereocenters. The maximum absolute atomic E-state index is 12.5. The van der Waals surface area contributed by atoms with Crippen LogP contribution in [0.1, 0.15) is 26.3 Å². The molecule has 0 bridgehead atoms. The van der Waals surface area contributed by atoms with Gasteiger partial charge in [0, 0.05) is 21.8 Å². The van der Waals surface area contributed by atoms with E-state index >= 15 is 0 Å². The van der Waals surface area contributed by atoms with E-state index < -0.39 is 11.9 Å². The van der Waals surface area contributed by atoms with Crippen LogP contribution in [0.4, 0.5) is 16.2 Å². The third-order valence-corrected chi connectivity index (χ3v) is 4.46. The first-order chi connectivity index (χ1) is 14.3. The Hall–Kier alpha value is -3.84. The Kier molecular flexibility index (Phi) is 6.34. The number of hydrogen-bond acceptors (Lipinski definition) is 3. The number of hydrazine groups is 1. The van der Waals surface area contributed by atoms with Crippen LogP contribution >= 0.6 is 11.6 Å². The van der Waals surface area contributed by atoms with E-state index in [0.717, 1.165) is 10.6 Å². The molecule has 0 heterocycles. The van der Waals surface area contributed by atoms with Gasteiger partial charge >= 0.3 is 6.03 Å². The summed E-state index contributed by atoms with van der Waals surface area (Å²) in [5, 5.41) is 4.18. The maximum Gasteiger partial charge on any atom is 0.338 e. The van der Waals surface area contributed by atoms with E-state index in [2.05, 4.69) is 10.7 Å². The number of benzene rings is 3. The normalized spacial score (nSPS) is 10.2. The number of carbonyl (C=O) groups excluding carboxylic acids is 3. The minimum atomic E-state index is -0.854. The Morgan fingerprint density at radius 3 is 2.13 bits per heavy atom. The molecule has 0 aliphatic heterocycles.